The highest BCUT2D eigenvalue weighted by molar-refractivity contribution is 7.19. The zero-order valence-electron chi connectivity index (χ0n) is 10.5. The van der Waals surface area contributed by atoms with E-state index in [4.69, 9.17) is 0 Å². The van der Waals surface area contributed by atoms with Crippen LogP contribution in [-0.2, 0) is 5.41 Å². The van der Waals surface area contributed by atoms with Crippen LogP contribution in [0.3, 0.4) is 0 Å². The number of aromatic nitrogens is 5. The number of nitrogens with zero attached hydrogens (tertiary/aromatic N) is 5. The number of fused-ring (bicyclic) bond motifs is 1. The first-order valence-electron chi connectivity index (χ1n) is 5.69. The third kappa shape index (κ3) is 1.78. The quantitative estimate of drug-likeness (QED) is 0.674. The summed E-state index contributed by atoms with van der Waals surface area (Å²) in [6, 6.07) is 3.90. The molecule has 0 aliphatic carbocycles. The number of pyridine rings is 1. The van der Waals surface area contributed by atoms with Crippen LogP contribution in [0.4, 0.5) is 0 Å². The molecule has 3 aromatic heterocycles. The Morgan fingerprint density at radius 2 is 2.06 bits per heavy atom. The molecular weight excluding hydrogens is 246 g/mol. The van der Waals surface area contributed by atoms with Gasteiger partial charge in [-0.05, 0) is 12.1 Å². The SMILES string of the molecule is CC(C)(C)c1nnc2sc(-c3cccnc3)nn12. The van der Waals surface area contributed by atoms with E-state index < -0.39 is 0 Å². The van der Waals surface area contributed by atoms with Gasteiger partial charge in [-0.3, -0.25) is 4.98 Å². The summed E-state index contributed by atoms with van der Waals surface area (Å²) in [6.07, 6.45) is 3.56. The van der Waals surface area contributed by atoms with E-state index in [0.717, 1.165) is 21.4 Å². The zero-order valence-corrected chi connectivity index (χ0v) is 11.3. The second-order valence-corrected chi connectivity index (χ2v) is 6.07. The third-order valence-electron chi connectivity index (χ3n) is 2.57. The van der Waals surface area contributed by atoms with Gasteiger partial charge in [0.25, 0.3) is 0 Å². The summed E-state index contributed by atoms with van der Waals surface area (Å²) in [7, 11) is 0. The van der Waals surface area contributed by atoms with Crippen LogP contribution in [0.1, 0.15) is 26.6 Å². The minimum absolute atomic E-state index is 0.0697. The maximum absolute atomic E-state index is 4.58. The van der Waals surface area contributed by atoms with Crippen LogP contribution >= 0.6 is 11.3 Å². The van der Waals surface area contributed by atoms with E-state index in [-0.39, 0.29) is 5.41 Å². The van der Waals surface area contributed by atoms with Gasteiger partial charge < -0.3 is 0 Å². The molecule has 6 heteroatoms. The van der Waals surface area contributed by atoms with E-state index in [9.17, 15) is 0 Å². The molecule has 0 N–H and O–H groups in total. The Balaban J connectivity index is 2.16. The highest BCUT2D eigenvalue weighted by Crippen LogP contribution is 2.27. The fraction of sp³-hybridized carbons (Fsp3) is 0.333. The topological polar surface area (TPSA) is 56.0 Å². The summed E-state index contributed by atoms with van der Waals surface area (Å²) in [5.74, 6) is 0.879. The van der Waals surface area contributed by atoms with Crippen molar-refractivity contribution in [2.24, 2.45) is 0 Å². The minimum Gasteiger partial charge on any atom is -0.264 e. The van der Waals surface area contributed by atoms with Gasteiger partial charge >= 0.3 is 0 Å². The molecule has 0 atom stereocenters. The van der Waals surface area contributed by atoms with Crippen LogP contribution in [0.5, 0.6) is 0 Å². The molecule has 92 valence electrons. The minimum atomic E-state index is -0.0697. The Morgan fingerprint density at radius 3 is 2.72 bits per heavy atom. The molecule has 0 aliphatic rings. The average molecular weight is 259 g/mol. The lowest BCUT2D eigenvalue weighted by atomic mass is 9.96. The van der Waals surface area contributed by atoms with Gasteiger partial charge in [0.2, 0.25) is 4.96 Å². The number of hydrogen-bond acceptors (Lipinski definition) is 5. The predicted molar refractivity (Wildman–Crippen MR) is 70.6 cm³/mol. The summed E-state index contributed by atoms with van der Waals surface area (Å²) in [4.78, 5) is 4.93. The molecule has 0 spiro atoms. The first-order chi connectivity index (χ1) is 8.55. The highest BCUT2D eigenvalue weighted by Gasteiger charge is 2.23. The molecule has 0 aliphatic heterocycles. The summed E-state index contributed by atoms with van der Waals surface area (Å²) < 4.78 is 1.83. The average Bonchev–Trinajstić information content (AvgIpc) is 2.87. The van der Waals surface area contributed by atoms with Gasteiger partial charge in [0.15, 0.2) is 5.82 Å². The van der Waals surface area contributed by atoms with Crippen LogP contribution in [0, 0.1) is 0 Å². The van der Waals surface area contributed by atoms with Gasteiger partial charge in [-0.25, -0.2) is 0 Å². The van der Waals surface area contributed by atoms with Gasteiger partial charge in [-0.15, -0.1) is 10.2 Å². The molecule has 18 heavy (non-hydrogen) atoms. The summed E-state index contributed by atoms with van der Waals surface area (Å²) >= 11 is 1.53. The van der Waals surface area contributed by atoms with E-state index in [1.54, 1.807) is 6.20 Å². The van der Waals surface area contributed by atoms with E-state index in [0.29, 0.717) is 0 Å². The normalized spacial score (nSPS) is 12.2. The van der Waals surface area contributed by atoms with Crippen molar-refractivity contribution >= 4 is 16.3 Å². The molecule has 3 heterocycles. The fourth-order valence-electron chi connectivity index (χ4n) is 1.69. The van der Waals surface area contributed by atoms with E-state index in [1.807, 2.05) is 22.8 Å². The lowest BCUT2D eigenvalue weighted by Crippen LogP contribution is -2.16. The van der Waals surface area contributed by atoms with E-state index >= 15 is 0 Å². The van der Waals surface area contributed by atoms with Crippen molar-refractivity contribution in [3.8, 4) is 10.6 Å². The van der Waals surface area contributed by atoms with Crippen LogP contribution in [0.15, 0.2) is 24.5 Å². The molecule has 0 saturated heterocycles. The number of rotatable bonds is 1. The van der Waals surface area contributed by atoms with Gasteiger partial charge in [0.1, 0.15) is 5.01 Å². The van der Waals surface area contributed by atoms with Crippen LogP contribution in [0.25, 0.3) is 15.5 Å². The molecule has 0 unspecified atom stereocenters. The van der Waals surface area contributed by atoms with Crippen molar-refractivity contribution < 1.29 is 0 Å². The first-order valence-corrected chi connectivity index (χ1v) is 6.50. The van der Waals surface area contributed by atoms with Crippen LogP contribution < -0.4 is 0 Å². The Labute approximate surface area is 109 Å². The molecule has 0 fully saturated rings. The van der Waals surface area contributed by atoms with Crippen molar-refractivity contribution in [1.82, 2.24) is 24.8 Å². The summed E-state index contributed by atoms with van der Waals surface area (Å²) in [5.41, 5.74) is 0.938. The Hall–Kier alpha value is -1.82. The van der Waals surface area contributed by atoms with Crippen LogP contribution in [0.2, 0.25) is 0 Å². The Bertz CT molecular complexity index is 677. The van der Waals surface area contributed by atoms with Gasteiger partial charge in [0.05, 0.1) is 0 Å². The fourth-order valence-corrected chi connectivity index (χ4v) is 2.52. The van der Waals surface area contributed by atoms with E-state index in [2.05, 4.69) is 41.1 Å². The number of hydrogen-bond donors (Lipinski definition) is 0. The van der Waals surface area contributed by atoms with Crippen molar-refractivity contribution in [3.63, 3.8) is 0 Å². The zero-order chi connectivity index (χ0) is 12.8. The molecule has 0 radical (unpaired) electrons. The Kier molecular flexibility index (Phi) is 2.41. The molecule has 0 amide bonds. The second kappa shape index (κ2) is 3.84. The predicted octanol–water partition coefficient (Wildman–Crippen LogP) is 2.55. The van der Waals surface area contributed by atoms with Crippen LogP contribution in [-0.4, -0.2) is 24.8 Å². The van der Waals surface area contributed by atoms with Crippen molar-refractivity contribution in [2.45, 2.75) is 26.2 Å². The summed E-state index contributed by atoms with van der Waals surface area (Å²) in [6.45, 7) is 6.31. The third-order valence-corrected chi connectivity index (χ3v) is 3.52. The largest absolute Gasteiger partial charge is 0.264 e. The van der Waals surface area contributed by atoms with Gasteiger partial charge in [-0.2, -0.15) is 9.61 Å². The molecule has 0 bridgehead atoms. The van der Waals surface area contributed by atoms with Gasteiger partial charge in [-0.1, -0.05) is 32.1 Å². The highest BCUT2D eigenvalue weighted by atomic mass is 32.1. The maximum Gasteiger partial charge on any atom is 0.235 e. The molecular formula is C12H13N5S. The molecule has 0 aromatic carbocycles. The van der Waals surface area contributed by atoms with E-state index in [1.165, 1.54) is 11.3 Å². The monoisotopic (exact) mass is 259 g/mol. The van der Waals surface area contributed by atoms with Gasteiger partial charge in [0, 0.05) is 23.4 Å². The summed E-state index contributed by atoms with van der Waals surface area (Å²) in [5, 5.41) is 13.9. The maximum atomic E-state index is 4.58. The first kappa shape index (κ1) is 11.3. The molecule has 3 rings (SSSR count). The van der Waals surface area contributed by atoms with Crippen molar-refractivity contribution in [3.05, 3.63) is 30.4 Å². The second-order valence-electron chi connectivity index (χ2n) is 5.12. The smallest absolute Gasteiger partial charge is 0.235 e. The molecule has 5 nitrogen and oxygen atoms in total. The lowest BCUT2D eigenvalue weighted by molar-refractivity contribution is 0.528. The lowest BCUT2D eigenvalue weighted by Gasteiger charge is -2.13. The van der Waals surface area contributed by atoms with Crippen molar-refractivity contribution in [2.75, 3.05) is 0 Å². The standard InChI is InChI=1S/C12H13N5S/c1-12(2,3)10-14-15-11-17(10)16-9(18-11)8-5-4-6-13-7-8/h4-7H,1-3H3. The Morgan fingerprint density at radius 1 is 1.22 bits per heavy atom. The molecule has 0 saturated carbocycles. The molecule has 3 aromatic rings. The van der Waals surface area contributed by atoms with Crippen molar-refractivity contribution in [1.29, 1.82) is 0 Å².